The molecule has 1 fully saturated rings. The summed E-state index contributed by atoms with van der Waals surface area (Å²) in [5.41, 5.74) is 8.23. The van der Waals surface area contributed by atoms with Gasteiger partial charge in [0.15, 0.2) is 0 Å². The van der Waals surface area contributed by atoms with Crippen LogP contribution >= 0.6 is 15.9 Å². The average molecular weight is 297 g/mol. The standard InChI is InChI=1S/C14H21BrN2/c1-10-3-11(2)9-17(8-10)14-5-12(7-16)4-13(15)6-14/h4-6,10-11H,3,7-9,16H2,1-2H3. The van der Waals surface area contributed by atoms with Crippen molar-refractivity contribution in [3.8, 4) is 0 Å². The second-order valence-corrected chi connectivity index (χ2v) is 6.29. The van der Waals surface area contributed by atoms with E-state index in [0.29, 0.717) is 6.54 Å². The molecule has 0 radical (unpaired) electrons. The van der Waals surface area contributed by atoms with Gasteiger partial charge in [-0.3, -0.25) is 0 Å². The van der Waals surface area contributed by atoms with Crippen LogP contribution in [0, 0.1) is 11.8 Å². The Kier molecular flexibility index (Phi) is 4.10. The lowest BCUT2D eigenvalue weighted by Crippen LogP contribution is -2.38. The highest BCUT2D eigenvalue weighted by Crippen LogP contribution is 2.29. The SMILES string of the molecule is CC1CC(C)CN(c2cc(Br)cc(CN)c2)C1. The van der Waals surface area contributed by atoms with Gasteiger partial charge in [-0.15, -0.1) is 0 Å². The molecule has 2 unspecified atom stereocenters. The van der Waals surface area contributed by atoms with Gasteiger partial charge in [-0.05, 0) is 42.0 Å². The lowest BCUT2D eigenvalue weighted by atomic mass is 9.91. The van der Waals surface area contributed by atoms with E-state index in [1.165, 1.54) is 17.7 Å². The van der Waals surface area contributed by atoms with E-state index in [0.717, 1.165) is 29.4 Å². The van der Waals surface area contributed by atoms with Crippen LogP contribution in [0.1, 0.15) is 25.8 Å². The van der Waals surface area contributed by atoms with E-state index in [-0.39, 0.29) is 0 Å². The van der Waals surface area contributed by atoms with Gasteiger partial charge in [-0.1, -0.05) is 29.8 Å². The van der Waals surface area contributed by atoms with E-state index < -0.39 is 0 Å². The number of benzene rings is 1. The third kappa shape index (κ3) is 3.23. The number of nitrogens with zero attached hydrogens (tertiary/aromatic N) is 1. The maximum atomic E-state index is 5.73. The van der Waals surface area contributed by atoms with E-state index in [2.05, 4.69) is 52.9 Å². The topological polar surface area (TPSA) is 29.3 Å². The predicted molar refractivity (Wildman–Crippen MR) is 77.2 cm³/mol. The molecule has 1 aliphatic rings. The van der Waals surface area contributed by atoms with Gasteiger partial charge in [0.1, 0.15) is 0 Å². The summed E-state index contributed by atoms with van der Waals surface area (Å²) < 4.78 is 1.13. The number of rotatable bonds is 2. The second kappa shape index (κ2) is 5.40. The van der Waals surface area contributed by atoms with Crippen LogP contribution in [0.2, 0.25) is 0 Å². The van der Waals surface area contributed by atoms with Crippen molar-refractivity contribution in [2.75, 3.05) is 18.0 Å². The fraction of sp³-hybridized carbons (Fsp3) is 0.571. The van der Waals surface area contributed by atoms with Gasteiger partial charge in [0, 0.05) is 29.8 Å². The van der Waals surface area contributed by atoms with Crippen LogP contribution in [-0.2, 0) is 6.54 Å². The zero-order valence-corrected chi connectivity index (χ0v) is 12.2. The summed E-state index contributed by atoms with van der Waals surface area (Å²) in [7, 11) is 0. The van der Waals surface area contributed by atoms with Crippen LogP contribution < -0.4 is 10.6 Å². The Hall–Kier alpha value is -0.540. The summed E-state index contributed by atoms with van der Waals surface area (Å²) in [6.07, 6.45) is 1.34. The Morgan fingerprint density at radius 1 is 1.24 bits per heavy atom. The second-order valence-electron chi connectivity index (χ2n) is 5.37. The van der Waals surface area contributed by atoms with Crippen molar-refractivity contribution in [3.05, 3.63) is 28.2 Å². The summed E-state index contributed by atoms with van der Waals surface area (Å²) in [4.78, 5) is 2.49. The quantitative estimate of drug-likeness (QED) is 0.906. The molecule has 3 heteroatoms. The third-order valence-electron chi connectivity index (χ3n) is 3.41. The molecule has 94 valence electrons. The van der Waals surface area contributed by atoms with Gasteiger partial charge in [0.2, 0.25) is 0 Å². The number of halogens is 1. The van der Waals surface area contributed by atoms with Crippen LogP contribution in [0.15, 0.2) is 22.7 Å². The minimum absolute atomic E-state index is 0.603. The van der Waals surface area contributed by atoms with Crippen molar-refractivity contribution in [3.63, 3.8) is 0 Å². The lowest BCUT2D eigenvalue weighted by molar-refractivity contribution is 0.357. The first-order valence-corrected chi connectivity index (χ1v) is 7.12. The van der Waals surface area contributed by atoms with Crippen LogP contribution in [0.3, 0.4) is 0 Å². The lowest BCUT2D eigenvalue weighted by Gasteiger charge is -2.37. The Bertz CT molecular complexity index is 382. The molecule has 0 saturated carbocycles. The maximum Gasteiger partial charge on any atom is 0.0380 e. The smallest absolute Gasteiger partial charge is 0.0380 e. The van der Waals surface area contributed by atoms with Gasteiger partial charge in [0.05, 0.1) is 0 Å². The highest BCUT2D eigenvalue weighted by Gasteiger charge is 2.22. The summed E-state index contributed by atoms with van der Waals surface area (Å²) in [6.45, 7) is 7.59. The predicted octanol–water partition coefficient (Wildman–Crippen LogP) is 3.39. The first kappa shape index (κ1) is 12.9. The van der Waals surface area contributed by atoms with E-state index >= 15 is 0 Å². The van der Waals surface area contributed by atoms with Gasteiger partial charge >= 0.3 is 0 Å². The van der Waals surface area contributed by atoms with Crippen molar-refractivity contribution in [2.45, 2.75) is 26.8 Å². The molecule has 1 aromatic rings. The van der Waals surface area contributed by atoms with Crippen molar-refractivity contribution in [2.24, 2.45) is 17.6 Å². The van der Waals surface area contributed by atoms with Gasteiger partial charge in [-0.25, -0.2) is 0 Å². The molecular formula is C14H21BrN2. The van der Waals surface area contributed by atoms with E-state index in [1.807, 2.05) is 0 Å². The largest absolute Gasteiger partial charge is 0.371 e. The molecule has 0 aromatic heterocycles. The van der Waals surface area contributed by atoms with Gasteiger partial charge < -0.3 is 10.6 Å². The molecule has 2 nitrogen and oxygen atoms in total. The highest BCUT2D eigenvalue weighted by atomic mass is 79.9. The number of piperidine rings is 1. The maximum absolute atomic E-state index is 5.73. The first-order valence-electron chi connectivity index (χ1n) is 6.33. The Morgan fingerprint density at radius 2 is 1.88 bits per heavy atom. The molecule has 2 rings (SSSR count). The number of hydrogen-bond donors (Lipinski definition) is 1. The molecule has 1 aliphatic heterocycles. The molecule has 2 atom stereocenters. The average Bonchev–Trinajstić information content (AvgIpc) is 2.26. The molecule has 2 N–H and O–H groups in total. The van der Waals surface area contributed by atoms with E-state index in [1.54, 1.807) is 0 Å². The third-order valence-corrected chi connectivity index (χ3v) is 3.87. The van der Waals surface area contributed by atoms with Gasteiger partial charge in [0.25, 0.3) is 0 Å². The van der Waals surface area contributed by atoms with Crippen molar-refractivity contribution in [1.82, 2.24) is 0 Å². The molecule has 1 aromatic carbocycles. The van der Waals surface area contributed by atoms with Crippen molar-refractivity contribution >= 4 is 21.6 Å². The summed E-state index contributed by atoms with van der Waals surface area (Å²) >= 11 is 3.57. The van der Waals surface area contributed by atoms with Crippen LogP contribution in [0.5, 0.6) is 0 Å². The normalized spacial score (nSPS) is 25.1. The zero-order valence-electron chi connectivity index (χ0n) is 10.6. The first-order chi connectivity index (χ1) is 8.08. The molecular weight excluding hydrogens is 276 g/mol. The Labute approximate surface area is 112 Å². The molecule has 0 aliphatic carbocycles. The Morgan fingerprint density at radius 3 is 2.47 bits per heavy atom. The molecule has 1 heterocycles. The summed E-state index contributed by atoms with van der Waals surface area (Å²) in [5, 5.41) is 0. The molecule has 0 bridgehead atoms. The van der Waals surface area contributed by atoms with Crippen molar-refractivity contribution in [1.29, 1.82) is 0 Å². The number of nitrogens with two attached hydrogens (primary N) is 1. The van der Waals surface area contributed by atoms with E-state index in [9.17, 15) is 0 Å². The zero-order chi connectivity index (χ0) is 12.4. The molecule has 0 amide bonds. The monoisotopic (exact) mass is 296 g/mol. The molecule has 1 saturated heterocycles. The molecule has 0 spiro atoms. The minimum Gasteiger partial charge on any atom is -0.371 e. The molecule has 17 heavy (non-hydrogen) atoms. The Balaban J connectivity index is 2.23. The van der Waals surface area contributed by atoms with Crippen LogP contribution in [-0.4, -0.2) is 13.1 Å². The fourth-order valence-corrected chi connectivity index (χ4v) is 3.34. The van der Waals surface area contributed by atoms with Crippen LogP contribution in [0.25, 0.3) is 0 Å². The number of anilines is 1. The minimum atomic E-state index is 0.603. The van der Waals surface area contributed by atoms with Crippen molar-refractivity contribution < 1.29 is 0 Å². The summed E-state index contributed by atoms with van der Waals surface area (Å²) in [6, 6.07) is 6.51. The summed E-state index contributed by atoms with van der Waals surface area (Å²) in [5.74, 6) is 1.55. The van der Waals surface area contributed by atoms with Gasteiger partial charge in [-0.2, -0.15) is 0 Å². The van der Waals surface area contributed by atoms with E-state index in [4.69, 9.17) is 5.73 Å². The highest BCUT2D eigenvalue weighted by molar-refractivity contribution is 9.10. The van der Waals surface area contributed by atoms with Crippen LogP contribution in [0.4, 0.5) is 5.69 Å². The number of hydrogen-bond acceptors (Lipinski definition) is 2. The fourth-order valence-electron chi connectivity index (χ4n) is 2.81.